The maximum Gasteiger partial charge on any atom is 0.416 e. The predicted octanol–water partition coefficient (Wildman–Crippen LogP) is 4.98. The minimum Gasteiger partial charge on any atom is -0.456 e. The molecule has 0 aliphatic rings. The van der Waals surface area contributed by atoms with E-state index >= 15 is 0 Å². The molecule has 2 heterocycles. The molecule has 1 amide bonds. The average molecular weight is 491 g/mol. The van der Waals surface area contributed by atoms with Crippen molar-refractivity contribution in [1.29, 1.82) is 5.26 Å². The Morgan fingerprint density at radius 1 is 1.03 bits per heavy atom. The number of carbonyl (C=O) groups is 1. The second-order valence-corrected chi connectivity index (χ2v) is 7.86. The predicted molar refractivity (Wildman–Crippen MR) is 124 cm³/mol. The number of rotatable bonds is 8. The zero-order valence-electron chi connectivity index (χ0n) is 18.9. The van der Waals surface area contributed by atoms with E-state index in [9.17, 15) is 18.0 Å². The third kappa shape index (κ3) is 6.27. The zero-order chi connectivity index (χ0) is 25.5. The molecular weight excluding hydrogens is 471 g/mol. The highest BCUT2D eigenvalue weighted by Gasteiger charge is 2.30. The summed E-state index contributed by atoms with van der Waals surface area (Å²) in [7, 11) is 0. The molecule has 0 aliphatic heterocycles. The quantitative estimate of drug-likeness (QED) is 0.375. The van der Waals surface area contributed by atoms with E-state index in [2.05, 4.69) is 21.4 Å². The summed E-state index contributed by atoms with van der Waals surface area (Å²) in [6.45, 7) is 0.907. The second-order valence-electron chi connectivity index (χ2n) is 7.86. The smallest absolute Gasteiger partial charge is 0.416 e. The standard InChI is InChI=1S/C26H20F3N5O2/c27-26(28,29)21-2-1-3-23(11-21)36-24-10-20(13-31-15-24)25(35)33-9-8-22-14-32-17-34(22)16-19-6-4-18(12-30)5-7-19/h1-7,10-11,13-15,17H,8-9,16H2,(H,33,35). The van der Waals surface area contributed by atoms with Crippen LogP contribution in [0.1, 0.15) is 32.7 Å². The first-order valence-corrected chi connectivity index (χ1v) is 10.9. The maximum atomic E-state index is 12.9. The molecule has 0 unspecified atom stereocenters. The molecule has 0 bridgehead atoms. The number of amides is 1. The van der Waals surface area contributed by atoms with Gasteiger partial charge in [-0.05, 0) is 42.0 Å². The van der Waals surface area contributed by atoms with E-state index in [0.29, 0.717) is 25.1 Å². The van der Waals surface area contributed by atoms with Gasteiger partial charge in [-0.2, -0.15) is 18.4 Å². The number of alkyl halides is 3. The number of halogens is 3. The van der Waals surface area contributed by atoms with Gasteiger partial charge < -0.3 is 14.6 Å². The first-order chi connectivity index (χ1) is 17.3. The summed E-state index contributed by atoms with van der Waals surface area (Å²) in [6.07, 6.45) is 2.13. The summed E-state index contributed by atoms with van der Waals surface area (Å²) in [6, 6.07) is 15.2. The van der Waals surface area contributed by atoms with Crippen LogP contribution in [0.5, 0.6) is 11.5 Å². The van der Waals surface area contributed by atoms with E-state index in [1.165, 1.54) is 30.6 Å². The number of aromatic nitrogens is 3. The Morgan fingerprint density at radius 2 is 1.83 bits per heavy atom. The van der Waals surface area contributed by atoms with Crippen molar-refractivity contribution >= 4 is 5.91 Å². The minimum atomic E-state index is -4.49. The molecule has 2 aromatic heterocycles. The lowest BCUT2D eigenvalue weighted by molar-refractivity contribution is -0.137. The lowest BCUT2D eigenvalue weighted by Gasteiger charge is -2.11. The molecule has 7 nitrogen and oxygen atoms in total. The van der Waals surface area contributed by atoms with Crippen LogP contribution in [0.2, 0.25) is 0 Å². The van der Waals surface area contributed by atoms with Gasteiger partial charge in [-0.3, -0.25) is 9.78 Å². The van der Waals surface area contributed by atoms with E-state index in [0.717, 1.165) is 23.4 Å². The lowest BCUT2D eigenvalue weighted by atomic mass is 10.1. The van der Waals surface area contributed by atoms with Gasteiger partial charge in [-0.25, -0.2) is 4.98 Å². The van der Waals surface area contributed by atoms with Crippen molar-refractivity contribution in [3.05, 3.63) is 107 Å². The van der Waals surface area contributed by atoms with Crippen LogP contribution in [0.4, 0.5) is 13.2 Å². The molecule has 4 rings (SSSR count). The molecule has 0 aliphatic carbocycles. The van der Waals surface area contributed by atoms with E-state index in [4.69, 9.17) is 10.00 Å². The number of ether oxygens (including phenoxy) is 1. The van der Waals surface area contributed by atoms with Gasteiger partial charge in [0, 0.05) is 37.6 Å². The van der Waals surface area contributed by atoms with Crippen LogP contribution in [0.3, 0.4) is 0 Å². The minimum absolute atomic E-state index is 0.0142. The molecule has 10 heteroatoms. The van der Waals surface area contributed by atoms with Gasteiger partial charge in [0.15, 0.2) is 0 Å². The highest BCUT2D eigenvalue weighted by atomic mass is 19.4. The van der Waals surface area contributed by atoms with Gasteiger partial charge >= 0.3 is 6.18 Å². The molecule has 36 heavy (non-hydrogen) atoms. The van der Waals surface area contributed by atoms with Crippen LogP contribution >= 0.6 is 0 Å². The fraction of sp³-hybridized carbons (Fsp3) is 0.154. The summed E-state index contributed by atoms with van der Waals surface area (Å²) in [5, 5.41) is 11.7. The van der Waals surface area contributed by atoms with Crippen LogP contribution in [-0.4, -0.2) is 27.0 Å². The number of carbonyl (C=O) groups excluding carboxylic acids is 1. The highest BCUT2D eigenvalue weighted by molar-refractivity contribution is 5.94. The van der Waals surface area contributed by atoms with Crippen molar-refractivity contribution in [2.75, 3.05) is 6.54 Å². The van der Waals surface area contributed by atoms with Crippen molar-refractivity contribution in [1.82, 2.24) is 19.9 Å². The SMILES string of the molecule is N#Cc1ccc(Cn2cncc2CCNC(=O)c2cncc(Oc3cccc(C(F)(F)F)c3)c2)cc1. The molecule has 0 spiro atoms. The molecule has 182 valence electrons. The van der Waals surface area contributed by atoms with Crippen LogP contribution in [0.15, 0.2) is 79.5 Å². The number of hydrogen-bond acceptors (Lipinski definition) is 5. The molecule has 4 aromatic rings. The Labute approximate surface area is 204 Å². The molecule has 0 atom stereocenters. The monoisotopic (exact) mass is 491 g/mol. The van der Waals surface area contributed by atoms with E-state index in [-0.39, 0.29) is 17.1 Å². The number of pyridine rings is 1. The van der Waals surface area contributed by atoms with Gasteiger partial charge in [-0.1, -0.05) is 18.2 Å². The number of imidazole rings is 1. The van der Waals surface area contributed by atoms with Gasteiger partial charge in [0.2, 0.25) is 0 Å². The Balaban J connectivity index is 1.34. The zero-order valence-corrected chi connectivity index (χ0v) is 18.9. The summed E-state index contributed by atoms with van der Waals surface area (Å²) in [5.74, 6) is -0.266. The van der Waals surface area contributed by atoms with Crippen molar-refractivity contribution in [2.24, 2.45) is 0 Å². The fourth-order valence-electron chi connectivity index (χ4n) is 3.46. The molecule has 0 radical (unpaired) electrons. The van der Waals surface area contributed by atoms with Crippen LogP contribution in [-0.2, 0) is 19.1 Å². The number of hydrogen-bond donors (Lipinski definition) is 1. The molecule has 0 fully saturated rings. The van der Waals surface area contributed by atoms with Gasteiger partial charge in [-0.15, -0.1) is 0 Å². The number of nitrogens with zero attached hydrogens (tertiary/aromatic N) is 4. The van der Waals surface area contributed by atoms with Crippen LogP contribution in [0.25, 0.3) is 0 Å². The third-order valence-corrected chi connectivity index (χ3v) is 5.27. The number of benzene rings is 2. The molecule has 1 N–H and O–H groups in total. The Bertz CT molecular complexity index is 1390. The van der Waals surface area contributed by atoms with Crippen molar-refractivity contribution in [3.63, 3.8) is 0 Å². The van der Waals surface area contributed by atoms with Crippen LogP contribution < -0.4 is 10.1 Å². The van der Waals surface area contributed by atoms with E-state index in [1.807, 2.05) is 16.7 Å². The third-order valence-electron chi connectivity index (χ3n) is 5.27. The Hall–Kier alpha value is -4.65. The second kappa shape index (κ2) is 10.7. The largest absolute Gasteiger partial charge is 0.456 e. The summed E-state index contributed by atoms with van der Waals surface area (Å²) in [5.41, 5.74) is 1.90. The van der Waals surface area contributed by atoms with Crippen molar-refractivity contribution in [2.45, 2.75) is 19.1 Å². The average Bonchev–Trinajstić information content (AvgIpc) is 3.31. The normalized spacial score (nSPS) is 11.1. The first kappa shape index (κ1) is 24.5. The van der Waals surface area contributed by atoms with Crippen LogP contribution in [0, 0.1) is 11.3 Å². The van der Waals surface area contributed by atoms with Crippen molar-refractivity contribution in [3.8, 4) is 17.6 Å². The van der Waals surface area contributed by atoms with Gasteiger partial charge in [0.25, 0.3) is 5.91 Å². The topological polar surface area (TPSA) is 92.8 Å². The molecule has 0 saturated heterocycles. The van der Waals surface area contributed by atoms with E-state index in [1.54, 1.807) is 24.7 Å². The van der Waals surface area contributed by atoms with E-state index < -0.39 is 17.6 Å². The molecule has 0 saturated carbocycles. The maximum absolute atomic E-state index is 12.9. The summed E-state index contributed by atoms with van der Waals surface area (Å²) in [4.78, 5) is 20.7. The van der Waals surface area contributed by atoms with Gasteiger partial charge in [0.05, 0.1) is 35.3 Å². The number of nitriles is 1. The fourth-order valence-corrected chi connectivity index (χ4v) is 3.46. The molecule has 2 aromatic carbocycles. The van der Waals surface area contributed by atoms with Crippen molar-refractivity contribution < 1.29 is 22.7 Å². The number of nitrogens with one attached hydrogen (secondary N) is 1. The first-order valence-electron chi connectivity index (χ1n) is 10.9. The summed E-state index contributed by atoms with van der Waals surface area (Å²) >= 11 is 0. The summed E-state index contributed by atoms with van der Waals surface area (Å²) < 4.78 is 46.2. The Morgan fingerprint density at radius 3 is 2.58 bits per heavy atom. The van der Waals surface area contributed by atoms with Gasteiger partial charge in [0.1, 0.15) is 11.5 Å². The lowest BCUT2D eigenvalue weighted by Crippen LogP contribution is -2.26. The molecular formula is C26H20F3N5O2. The Kier molecular flexibility index (Phi) is 7.30. The highest BCUT2D eigenvalue weighted by Crippen LogP contribution is 2.32.